The Hall–Kier alpha value is -0.0600. The summed E-state index contributed by atoms with van der Waals surface area (Å²) in [4.78, 5) is 0. The molecule has 1 aromatic rings. The number of hydrogen-bond donors (Lipinski definition) is 0. The van der Waals surface area contributed by atoms with E-state index in [1.54, 1.807) is 0 Å². The van der Waals surface area contributed by atoms with Crippen LogP contribution in [0.5, 0.6) is 5.75 Å². The number of alkyl halides is 2. The second-order valence-corrected chi connectivity index (χ2v) is 4.58. The molecule has 0 unspecified atom stereocenters. The Morgan fingerprint density at radius 2 is 1.88 bits per heavy atom. The number of benzene rings is 1. The van der Waals surface area contributed by atoms with Gasteiger partial charge >= 0.3 is 0 Å². The lowest BCUT2D eigenvalue weighted by Gasteiger charge is -2.14. The van der Waals surface area contributed by atoms with Crippen molar-refractivity contribution in [1.82, 2.24) is 0 Å². The lowest BCUT2D eigenvalue weighted by atomic mass is 10.2. The fourth-order valence-corrected chi connectivity index (χ4v) is 2.70. The van der Waals surface area contributed by atoms with Gasteiger partial charge in [-0.05, 0) is 13.0 Å². The van der Waals surface area contributed by atoms with Crippen molar-refractivity contribution in [1.29, 1.82) is 0 Å². The first-order valence-corrected chi connectivity index (χ1v) is 7.50. The van der Waals surface area contributed by atoms with Gasteiger partial charge in [-0.25, -0.2) is 0 Å². The van der Waals surface area contributed by atoms with E-state index in [9.17, 15) is 0 Å². The highest BCUT2D eigenvalue weighted by molar-refractivity contribution is 9.09. The van der Waals surface area contributed by atoms with Crippen molar-refractivity contribution in [2.45, 2.75) is 19.6 Å². The summed E-state index contributed by atoms with van der Waals surface area (Å²) >= 11 is 6.83. The summed E-state index contributed by atoms with van der Waals surface area (Å²) in [7, 11) is 0. The Labute approximate surface area is 114 Å². The van der Waals surface area contributed by atoms with Gasteiger partial charge in [-0.2, -0.15) is 0 Å². The van der Waals surface area contributed by atoms with Crippen molar-refractivity contribution < 1.29 is 9.47 Å². The topological polar surface area (TPSA) is 18.5 Å². The average Bonchev–Trinajstić information content (AvgIpc) is 2.33. The molecule has 0 aliphatic heterocycles. The Bertz CT molecular complexity index is 301. The van der Waals surface area contributed by atoms with Gasteiger partial charge in [0.25, 0.3) is 0 Å². The van der Waals surface area contributed by atoms with Gasteiger partial charge in [0.2, 0.25) is 0 Å². The largest absolute Gasteiger partial charge is 0.494 e. The van der Waals surface area contributed by atoms with E-state index in [0.29, 0.717) is 13.2 Å². The van der Waals surface area contributed by atoms with Gasteiger partial charge < -0.3 is 9.47 Å². The van der Waals surface area contributed by atoms with E-state index in [1.165, 1.54) is 0 Å². The van der Waals surface area contributed by atoms with Gasteiger partial charge in [-0.3, -0.25) is 0 Å². The van der Waals surface area contributed by atoms with E-state index in [1.807, 2.05) is 31.2 Å². The molecule has 0 aromatic heterocycles. The molecule has 0 atom stereocenters. The average molecular weight is 352 g/mol. The predicted molar refractivity (Wildman–Crippen MR) is 73.8 cm³/mol. The first kappa shape index (κ1) is 14.0. The Balaban J connectivity index is 2.58. The van der Waals surface area contributed by atoms with Crippen LogP contribution in [0.25, 0.3) is 0 Å². The molecule has 4 heteroatoms. The van der Waals surface area contributed by atoms with Crippen LogP contribution in [0.2, 0.25) is 0 Å². The molecule has 1 rings (SSSR count). The first-order valence-electron chi connectivity index (χ1n) is 5.26. The van der Waals surface area contributed by atoms with Gasteiger partial charge in [-0.15, -0.1) is 0 Å². The highest BCUT2D eigenvalue weighted by Gasteiger charge is 2.08. The van der Waals surface area contributed by atoms with Crippen LogP contribution in [0.4, 0.5) is 0 Å². The summed E-state index contributed by atoms with van der Waals surface area (Å²) in [5.41, 5.74) is 1.09. The van der Waals surface area contributed by atoms with Crippen LogP contribution in [0.15, 0.2) is 24.3 Å². The SMILES string of the molecule is CCOc1ccccc1COC(CBr)CBr. The highest BCUT2D eigenvalue weighted by atomic mass is 79.9. The van der Waals surface area contributed by atoms with Crippen LogP contribution >= 0.6 is 31.9 Å². The molecule has 0 heterocycles. The standard InChI is InChI=1S/C12H16Br2O2/c1-2-15-12-6-4-3-5-10(12)9-16-11(7-13)8-14/h3-6,11H,2,7-9H2,1H3. The van der Waals surface area contributed by atoms with Crippen LogP contribution in [0, 0.1) is 0 Å². The molecule has 0 saturated carbocycles. The van der Waals surface area contributed by atoms with Crippen LogP contribution in [-0.4, -0.2) is 23.4 Å². The zero-order valence-corrected chi connectivity index (χ0v) is 12.5. The molecular weight excluding hydrogens is 336 g/mol. The summed E-state index contributed by atoms with van der Waals surface area (Å²) < 4.78 is 11.3. The second kappa shape index (κ2) is 8.09. The van der Waals surface area contributed by atoms with Gasteiger partial charge in [0.1, 0.15) is 5.75 Å². The quantitative estimate of drug-likeness (QED) is 0.696. The molecule has 0 bridgehead atoms. The number of ether oxygens (including phenoxy) is 2. The summed E-state index contributed by atoms with van der Waals surface area (Å²) in [6.07, 6.45) is 0.190. The lowest BCUT2D eigenvalue weighted by molar-refractivity contribution is 0.0717. The minimum Gasteiger partial charge on any atom is -0.494 e. The van der Waals surface area contributed by atoms with Crippen molar-refractivity contribution in [3.63, 3.8) is 0 Å². The Morgan fingerprint density at radius 3 is 2.50 bits per heavy atom. The summed E-state index contributed by atoms with van der Waals surface area (Å²) in [6.45, 7) is 3.24. The molecule has 90 valence electrons. The van der Waals surface area contributed by atoms with E-state index >= 15 is 0 Å². The normalized spacial score (nSPS) is 10.8. The molecule has 1 aromatic carbocycles. The molecule has 0 saturated heterocycles. The van der Waals surface area contributed by atoms with Gasteiger partial charge in [0, 0.05) is 16.2 Å². The molecule has 0 radical (unpaired) electrons. The molecular formula is C12H16Br2O2. The third-order valence-corrected chi connectivity index (χ3v) is 3.54. The second-order valence-electron chi connectivity index (χ2n) is 3.28. The van der Waals surface area contributed by atoms with E-state index in [2.05, 4.69) is 31.9 Å². The van der Waals surface area contributed by atoms with Crippen molar-refractivity contribution in [2.75, 3.05) is 17.3 Å². The third kappa shape index (κ3) is 4.44. The van der Waals surface area contributed by atoms with Crippen molar-refractivity contribution >= 4 is 31.9 Å². The third-order valence-electron chi connectivity index (χ3n) is 2.09. The van der Waals surface area contributed by atoms with Gasteiger partial charge in [0.05, 0.1) is 19.3 Å². The maximum absolute atomic E-state index is 5.74. The fourth-order valence-electron chi connectivity index (χ4n) is 1.26. The molecule has 2 nitrogen and oxygen atoms in total. The van der Waals surface area contributed by atoms with Crippen LogP contribution in [0.1, 0.15) is 12.5 Å². The Kier molecular flexibility index (Phi) is 7.08. The van der Waals surface area contributed by atoms with Crippen LogP contribution < -0.4 is 4.74 Å². The van der Waals surface area contributed by atoms with Crippen LogP contribution in [0.3, 0.4) is 0 Å². The molecule has 0 aliphatic carbocycles. The molecule has 0 spiro atoms. The first-order chi connectivity index (χ1) is 7.81. The minimum atomic E-state index is 0.190. The van der Waals surface area contributed by atoms with E-state index < -0.39 is 0 Å². The number of halogens is 2. The molecule has 0 aliphatic rings. The van der Waals surface area contributed by atoms with E-state index in [-0.39, 0.29) is 6.10 Å². The van der Waals surface area contributed by atoms with Crippen LogP contribution in [-0.2, 0) is 11.3 Å². The molecule has 0 N–H and O–H groups in total. The summed E-state index contributed by atoms with van der Waals surface area (Å²) in [5, 5.41) is 1.66. The van der Waals surface area contributed by atoms with Gasteiger partial charge in [0.15, 0.2) is 0 Å². The smallest absolute Gasteiger partial charge is 0.124 e. The zero-order chi connectivity index (χ0) is 11.8. The summed E-state index contributed by atoms with van der Waals surface area (Å²) in [5.74, 6) is 0.910. The van der Waals surface area contributed by atoms with Crippen molar-refractivity contribution in [2.24, 2.45) is 0 Å². The number of hydrogen-bond acceptors (Lipinski definition) is 2. The maximum atomic E-state index is 5.74. The fraction of sp³-hybridized carbons (Fsp3) is 0.500. The van der Waals surface area contributed by atoms with Crippen molar-refractivity contribution in [3.8, 4) is 5.75 Å². The number of para-hydroxylation sites is 1. The van der Waals surface area contributed by atoms with E-state index in [0.717, 1.165) is 22.0 Å². The lowest BCUT2D eigenvalue weighted by Crippen LogP contribution is -2.16. The zero-order valence-electron chi connectivity index (χ0n) is 9.29. The maximum Gasteiger partial charge on any atom is 0.124 e. The number of rotatable bonds is 7. The molecule has 0 fully saturated rings. The predicted octanol–water partition coefficient (Wildman–Crippen LogP) is 3.76. The highest BCUT2D eigenvalue weighted by Crippen LogP contribution is 2.19. The summed E-state index contributed by atoms with van der Waals surface area (Å²) in [6, 6.07) is 7.98. The Morgan fingerprint density at radius 1 is 1.19 bits per heavy atom. The van der Waals surface area contributed by atoms with E-state index in [4.69, 9.17) is 9.47 Å². The van der Waals surface area contributed by atoms with Gasteiger partial charge in [-0.1, -0.05) is 50.1 Å². The van der Waals surface area contributed by atoms with Crippen molar-refractivity contribution in [3.05, 3.63) is 29.8 Å². The minimum absolute atomic E-state index is 0.190. The molecule has 16 heavy (non-hydrogen) atoms. The molecule has 0 amide bonds. The monoisotopic (exact) mass is 350 g/mol.